The van der Waals surface area contributed by atoms with Gasteiger partial charge in [-0.2, -0.15) is 9.97 Å². The molecule has 0 bridgehead atoms. The van der Waals surface area contributed by atoms with Crippen molar-refractivity contribution in [1.29, 1.82) is 0 Å². The molecule has 0 aliphatic rings. The standard InChI is InChI=1S/C18H18N2O4S/c1-4-12-9-14(21)24-17-15(12)16(19-18(20-17)25-3)23-10-11-5-7-13(22-2)8-6-11/h5-9H,4,10H2,1-3H3. The molecule has 25 heavy (non-hydrogen) atoms. The van der Waals surface area contributed by atoms with Crippen molar-refractivity contribution in [1.82, 2.24) is 9.97 Å². The number of aromatic nitrogens is 2. The van der Waals surface area contributed by atoms with Crippen LogP contribution in [0.2, 0.25) is 0 Å². The molecule has 0 saturated heterocycles. The first-order valence-corrected chi connectivity index (χ1v) is 9.01. The van der Waals surface area contributed by atoms with Crippen LogP contribution in [0.5, 0.6) is 11.6 Å². The minimum atomic E-state index is -0.420. The van der Waals surface area contributed by atoms with Crippen molar-refractivity contribution in [2.24, 2.45) is 0 Å². The summed E-state index contributed by atoms with van der Waals surface area (Å²) in [5.41, 5.74) is 1.63. The smallest absolute Gasteiger partial charge is 0.337 e. The molecule has 0 fully saturated rings. The lowest BCUT2D eigenvalue weighted by molar-refractivity contribution is 0.294. The zero-order chi connectivity index (χ0) is 17.8. The summed E-state index contributed by atoms with van der Waals surface area (Å²) in [7, 11) is 1.63. The van der Waals surface area contributed by atoms with Crippen molar-refractivity contribution >= 4 is 22.9 Å². The van der Waals surface area contributed by atoms with E-state index in [-0.39, 0.29) is 5.71 Å². The highest BCUT2D eigenvalue weighted by Crippen LogP contribution is 2.28. The van der Waals surface area contributed by atoms with Gasteiger partial charge < -0.3 is 13.9 Å². The van der Waals surface area contributed by atoms with Crippen molar-refractivity contribution in [3.8, 4) is 11.6 Å². The first kappa shape index (κ1) is 17.3. The number of rotatable bonds is 6. The lowest BCUT2D eigenvalue weighted by atomic mass is 10.1. The van der Waals surface area contributed by atoms with Crippen LogP contribution in [-0.2, 0) is 13.0 Å². The van der Waals surface area contributed by atoms with E-state index in [0.717, 1.165) is 16.9 Å². The van der Waals surface area contributed by atoms with Gasteiger partial charge in [0.25, 0.3) is 0 Å². The highest BCUT2D eigenvalue weighted by Gasteiger charge is 2.15. The third-order valence-electron chi connectivity index (χ3n) is 3.73. The third kappa shape index (κ3) is 3.76. The summed E-state index contributed by atoms with van der Waals surface area (Å²) in [6.07, 6.45) is 2.51. The number of aryl methyl sites for hydroxylation is 1. The van der Waals surface area contributed by atoms with Crippen LogP contribution in [-0.4, -0.2) is 23.3 Å². The second-order valence-corrected chi connectivity index (χ2v) is 6.05. The summed E-state index contributed by atoms with van der Waals surface area (Å²) < 4.78 is 16.3. The van der Waals surface area contributed by atoms with Gasteiger partial charge in [0, 0.05) is 6.07 Å². The van der Waals surface area contributed by atoms with Gasteiger partial charge in [-0.3, -0.25) is 0 Å². The Morgan fingerprint density at radius 2 is 1.96 bits per heavy atom. The maximum absolute atomic E-state index is 11.7. The molecule has 0 saturated carbocycles. The van der Waals surface area contributed by atoms with Gasteiger partial charge in [0.05, 0.1) is 7.11 Å². The first-order chi connectivity index (χ1) is 12.1. The topological polar surface area (TPSA) is 74.5 Å². The minimum Gasteiger partial charge on any atom is -0.497 e. The second kappa shape index (κ2) is 7.57. The van der Waals surface area contributed by atoms with E-state index < -0.39 is 5.63 Å². The summed E-state index contributed by atoms with van der Waals surface area (Å²) in [4.78, 5) is 20.5. The Labute approximate surface area is 149 Å². The molecule has 3 rings (SSSR count). The van der Waals surface area contributed by atoms with Gasteiger partial charge >= 0.3 is 5.63 Å². The molecule has 0 aliphatic heterocycles. The monoisotopic (exact) mass is 358 g/mol. The normalized spacial score (nSPS) is 10.8. The molecule has 3 aromatic rings. The van der Waals surface area contributed by atoms with Crippen molar-refractivity contribution in [3.05, 3.63) is 51.9 Å². The quantitative estimate of drug-likeness (QED) is 0.493. The predicted molar refractivity (Wildman–Crippen MR) is 96.6 cm³/mol. The number of ether oxygens (including phenoxy) is 2. The fraction of sp³-hybridized carbons (Fsp3) is 0.278. The number of hydrogen-bond donors (Lipinski definition) is 0. The van der Waals surface area contributed by atoms with Crippen LogP contribution < -0.4 is 15.1 Å². The zero-order valence-electron chi connectivity index (χ0n) is 14.2. The summed E-state index contributed by atoms with van der Waals surface area (Å²) >= 11 is 1.36. The van der Waals surface area contributed by atoms with E-state index >= 15 is 0 Å². The summed E-state index contributed by atoms with van der Waals surface area (Å²) in [5, 5.41) is 1.14. The number of benzene rings is 1. The van der Waals surface area contributed by atoms with Gasteiger partial charge in [-0.1, -0.05) is 30.8 Å². The Bertz CT molecular complexity index is 938. The Morgan fingerprint density at radius 1 is 1.20 bits per heavy atom. The van der Waals surface area contributed by atoms with E-state index in [9.17, 15) is 4.79 Å². The largest absolute Gasteiger partial charge is 0.497 e. The van der Waals surface area contributed by atoms with Gasteiger partial charge in [-0.25, -0.2) is 4.79 Å². The van der Waals surface area contributed by atoms with Crippen LogP contribution in [0.4, 0.5) is 0 Å². The molecule has 2 aromatic heterocycles. The van der Waals surface area contributed by atoms with Crippen LogP contribution in [0, 0.1) is 0 Å². The third-order valence-corrected chi connectivity index (χ3v) is 4.28. The van der Waals surface area contributed by atoms with E-state index in [4.69, 9.17) is 13.9 Å². The highest BCUT2D eigenvalue weighted by molar-refractivity contribution is 7.98. The Balaban J connectivity index is 1.99. The van der Waals surface area contributed by atoms with Crippen molar-refractivity contribution in [2.45, 2.75) is 25.1 Å². The Hall–Kier alpha value is -2.54. The lowest BCUT2D eigenvalue weighted by Gasteiger charge is -2.11. The fourth-order valence-electron chi connectivity index (χ4n) is 2.44. The van der Waals surface area contributed by atoms with Crippen LogP contribution >= 0.6 is 11.8 Å². The molecule has 130 valence electrons. The van der Waals surface area contributed by atoms with E-state index in [1.807, 2.05) is 37.4 Å². The van der Waals surface area contributed by atoms with Crippen LogP contribution in [0.25, 0.3) is 11.1 Å². The van der Waals surface area contributed by atoms with Crippen molar-refractivity contribution < 1.29 is 13.9 Å². The number of thioether (sulfide) groups is 1. The summed E-state index contributed by atoms with van der Waals surface area (Å²) in [5.74, 6) is 1.21. The number of nitrogens with zero attached hydrogens (tertiary/aromatic N) is 2. The van der Waals surface area contributed by atoms with Gasteiger partial charge in [0.1, 0.15) is 17.7 Å². The molecule has 7 heteroatoms. The van der Waals surface area contributed by atoms with Gasteiger partial charge in [0.2, 0.25) is 11.6 Å². The number of fused-ring (bicyclic) bond motifs is 1. The molecular weight excluding hydrogens is 340 g/mol. The van der Waals surface area contributed by atoms with E-state index in [1.54, 1.807) is 7.11 Å². The van der Waals surface area contributed by atoms with Gasteiger partial charge in [-0.05, 0) is 35.9 Å². The maximum Gasteiger partial charge on any atom is 0.337 e. The van der Waals surface area contributed by atoms with Gasteiger partial charge in [-0.15, -0.1) is 0 Å². The maximum atomic E-state index is 11.7. The lowest BCUT2D eigenvalue weighted by Crippen LogP contribution is -2.06. The van der Waals surface area contributed by atoms with E-state index in [2.05, 4.69) is 9.97 Å². The molecular formula is C18H18N2O4S. The summed E-state index contributed by atoms with van der Waals surface area (Å²) in [6, 6.07) is 9.07. The molecule has 2 heterocycles. The molecule has 1 aromatic carbocycles. The predicted octanol–water partition coefficient (Wildman–Crippen LogP) is 3.45. The molecule has 6 nitrogen and oxygen atoms in total. The SMILES string of the molecule is CCc1cc(=O)oc2nc(SC)nc(OCc3ccc(OC)cc3)c12. The number of methoxy groups -OCH3 is 1. The molecule has 0 aliphatic carbocycles. The minimum absolute atomic E-state index is 0.258. The average Bonchev–Trinajstić information content (AvgIpc) is 2.65. The molecule has 0 N–H and O–H groups in total. The summed E-state index contributed by atoms with van der Waals surface area (Å²) in [6.45, 7) is 2.30. The molecule has 0 atom stereocenters. The van der Waals surface area contributed by atoms with Crippen LogP contribution in [0.15, 0.2) is 44.7 Å². The van der Waals surface area contributed by atoms with Gasteiger partial charge in [0.15, 0.2) is 5.16 Å². The Kier molecular flexibility index (Phi) is 5.23. The molecule has 0 amide bonds. The molecule has 0 unspecified atom stereocenters. The van der Waals surface area contributed by atoms with Crippen molar-refractivity contribution in [3.63, 3.8) is 0 Å². The fourth-order valence-corrected chi connectivity index (χ4v) is 2.79. The van der Waals surface area contributed by atoms with E-state index in [0.29, 0.717) is 29.5 Å². The Morgan fingerprint density at radius 3 is 2.60 bits per heavy atom. The molecule has 0 radical (unpaired) electrons. The van der Waals surface area contributed by atoms with Crippen molar-refractivity contribution in [2.75, 3.05) is 13.4 Å². The molecule has 0 spiro atoms. The second-order valence-electron chi connectivity index (χ2n) is 5.28. The zero-order valence-corrected chi connectivity index (χ0v) is 15.1. The first-order valence-electron chi connectivity index (χ1n) is 7.79. The van der Waals surface area contributed by atoms with Crippen LogP contribution in [0.3, 0.4) is 0 Å². The highest BCUT2D eigenvalue weighted by atomic mass is 32.2. The average molecular weight is 358 g/mol. The van der Waals surface area contributed by atoms with E-state index in [1.165, 1.54) is 17.8 Å². The van der Waals surface area contributed by atoms with Crippen LogP contribution in [0.1, 0.15) is 18.1 Å². The number of hydrogen-bond acceptors (Lipinski definition) is 7.